The first kappa shape index (κ1) is 12.7. The summed E-state index contributed by atoms with van der Waals surface area (Å²) in [5.41, 5.74) is 0.226. The first-order valence-electron chi connectivity index (χ1n) is 5.68. The van der Waals surface area contributed by atoms with Gasteiger partial charge in [-0.25, -0.2) is 0 Å². The van der Waals surface area contributed by atoms with Crippen molar-refractivity contribution >= 4 is 11.3 Å². The van der Waals surface area contributed by atoms with Gasteiger partial charge in [0.25, 0.3) is 0 Å². The fraction of sp³-hybridized carbons (Fsp3) is 0.692. The molecule has 0 bridgehead atoms. The minimum atomic E-state index is 0.226. The standard InChI is InChI=1S/C13H23NS/c1-10(9-14-13(3,4)5)11(2)12-7-6-8-15-12/h6-8,10-11,14H,9H2,1-5H3. The van der Waals surface area contributed by atoms with Crippen LogP contribution in [0.15, 0.2) is 17.5 Å². The number of rotatable bonds is 4. The van der Waals surface area contributed by atoms with Gasteiger partial charge in [-0.05, 0) is 50.6 Å². The van der Waals surface area contributed by atoms with Crippen molar-refractivity contribution in [3.8, 4) is 0 Å². The summed E-state index contributed by atoms with van der Waals surface area (Å²) in [7, 11) is 0. The zero-order valence-electron chi connectivity index (χ0n) is 10.5. The molecule has 2 atom stereocenters. The minimum absolute atomic E-state index is 0.226. The smallest absolute Gasteiger partial charge is 0.00966 e. The Hall–Kier alpha value is -0.340. The molecule has 1 aromatic heterocycles. The van der Waals surface area contributed by atoms with E-state index < -0.39 is 0 Å². The van der Waals surface area contributed by atoms with Crippen LogP contribution in [0.25, 0.3) is 0 Å². The van der Waals surface area contributed by atoms with Gasteiger partial charge in [0.15, 0.2) is 0 Å². The molecule has 1 heterocycles. The highest BCUT2D eigenvalue weighted by Crippen LogP contribution is 2.27. The Morgan fingerprint density at radius 1 is 1.33 bits per heavy atom. The van der Waals surface area contributed by atoms with Crippen LogP contribution in [0.4, 0.5) is 0 Å². The van der Waals surface area contributed by atoms with E-state index in [9.17, 15) is 0 Å². The Balaban J connectivity index is 2.44. The maximum Gasteiger partial charge on any atom is 0.00966 e. The average molecular weight is 225 g/mol. The lowest BCUT2D eigenvalue weighted by molar-refractivity contribution is 0.361. The van der Waals surface area contributed by atoms with Crippen LogP contribution in [0.1, 0.15) is 45.4 Å². The zero-order chi connectivity index (χ0) is 11.5. The second-order valence-electron chi connectivity index (χ2n) is 5.41. The van der Waals surface area contributed by atoms with Gasteiger partial charge in [-0.3, -0.25) is 0 Å². The molecule has 0 amide bonds. The number of hydrogen-bond acceptors (Lipinski definition) is 2. The maximum atomic E-state index is 3.57. The highest BCUT2D eigenvalue weighted by Gasteiger charge is 2.17. The molecule has 0 radical (unpaired) electrons. The van der Waals surface area contributed by atoms with E-state index >= 15 is 0 Å². The molecule has 0 saturated heterocycles. The van der Waals surface area contributed by atoms with Crippen LogP contribution in [0.2, 0.25) is 0 Å². The molecule has 1 N–H and O–H groups in total. The molecule has 0 spiro atoms. The first-order chi connectivity index (χ1) is 6.90. The van der Waals surface area contributed by atoms with Crippen molar-refractivity contribution in [2.45, 2.75) is 46.1 Å². The third-order valence-corrected chi connectivity index (χ3v) is 3.87. The Morgan fingerprint density at radius 3 is 2.47 bits per heavy atom. The Kier molecular flexibility index (Phi) is 4.35. The van der Waals surface area contributed by atoms with Crippen molar-refractivity contribution < 1.29 is 0 Å². The predicted octanol–water partition coefficient (Wildman–Crippen LogP) is 3.88. The molecule has 1 aromatic rings. The SMILES string of the molecule is CC(CNC(C)(C)C)C(C)c1cccs1. The second kappa shape index (κ2) is 5.13. The number of hydrogen-bond donors (Lipinski definition) is 1. The van der Waals surface area contributed by atoms with Gasteiger partial charge in [0.2, 0.25) is 0 Å². The number of nitrogens with one attached hydrogen (secondary N) is 1. The van der Waals surface area contributed by atoms with E-state index in [1.807, 2.05) is 11.3 Å². The molecule has 0 aromatic carbocycles. The lowest BCUT2D eigenvalue weighted by atomic mass is 9.93. The largest absolute Gasteiger partial charge is 0.312 e. The summed E-state index contributed by atoms with van der Waals surface area (Å²) in [6.45, 7) is 12.4. The van der Waals surface area contributed by atoms with Gasteiger partial charge in [-0.2, -0.15) is 0 Å². The van der Waals surface area contributed by atoms with Gasteiger partial charge in [-0.1, -0.05) is 19.9 Å². The fourth-order valence-corrected chi connectivity index (χ4v) is 2.39. The van der Waals surface area contributed by atoms with Crippen molar-refractivity contribution in [3.05, 3.63) is 22.4 Å². The highest BCUT2D eigenvalue weighted by molar-refractivity contribution is 7.10. The van der Waals surface area contributed by atoms with Gasteiger partial charge in [0.05, 0.1) is 0 Å². The van der Waals surface area contributed by atoms with Gasteiger partial charge >= 0.3 is 0 Å². The van der Waals surface area contributed by atoms with Gasteiger partial charge in [0, 0.05) is 10.4 Å². The minimum Gasteiger partial charge on any atom is -0.312 e. The molecule has 0 aliphatic carbocycles. The molecule has 0 fully saturated rings. The van der Waals surface area contributed by atoms with Crippen LogP contribution in [0.3, 0.4) is 0 Å². The summed E-state index contributed by atoms with van der Waals surface area (Å²) in [6.07, 6.45) is 0. The Labute approximate surface area is 97.9 Å². The summed E-state index contributed by atoms with van der Waals surface area (Å²) in [5, 5.41) is 5.73. The molecule has 86 valence electrons. The van der Waals surface area contributed by atoms with E-state index in [0.717, 1.165) is 6.54 Å². The topological polar surface area (TPSA) is 12.0 Å². The molecular weight excluding hydrogens is 202 g/mol. The molecule has 0 aliphatic rings. The van der Waals surface area contributed by atoms with Crippen molar-refractivity contribution in [2.75, 3.05) is 6.54 Å². The van der Waals surface area contributed by atoms with Crippen LogP contribution < -0.4 is 5.32 Å². The van der Waals surface area contributed by atoms with Crippen molar-refractivity contribution in [2.24, 2.45) is 5.92 Å². The zero-order valence-corrected chi connectivity index (χ0v) is 11.3. The highest BCUT2D eigenvalue weighted by atomic mass is 32.1. The average Bonchev–Trinajstić information content (AvgIpc) is 2.64. The predicted molar refractivity (Wildman–Crippen MR) is 69.7 cm³/mol. The van der Waals surface area contributed by atoms with Gasteiger partial charge in [0.1, 0.15) is 0 Å². The molecule has 15 heavy (non-hydrogen) atoms. The van der Waals surface area contributed by atoms with Gasteiger partial charge in [-0.15, -0.1) is 11.3 Å². The Bertz CT molecular complexity index is 271. The lowest BCUT2D eigenvalue weighted by Crippen LogP contribution is -2.39. The molecule has 2 heteroatoms. The third kappa shape index (κ3) is 4.35. The molecule has 0 aliphatic heterocycles. The normalized spacial score (nSPS) is 16.3. The van der Waals surface area contributed by atoms with Crippen LogP contribution in [0, 0.1) is 5.92 Å². The maximum absolute atomic E-state index is 3.57. The third-order valence-electron chi connectivity index (χ3n) is 2.80. The molecule has 2 unspecified atom stereocenters. The summed E-state index contributed by atoms with van der Waals surface area (Å²) in [6, 6.07) is 4.38. The summed E-state index contributed by atoms with van der Waals surface area (Å²) in [4.78, 5) is 1.50. The monoisotopic (exact) mass is 225 g/mol. The molecule has 1 nitrogen and oxygen atoms in total. The summed E-state index contributed by atoms with van der Waals surface area (Å²) < 4.78 is 0. The van der Waals surface area contributed by atoms with Gasteiger partial charge < -0.3 is 5.32 Å². The van der Waals surface area contributed by atoms with E-state index in [1.54, 1.807) is 0 Å². The molecule has 1 rings (SSSR count). The van der Waals surface area contributed by atoms with E-state index in [4.69, 9.17) is 0 Å². The van der Waals surface area contributed by atoms with Crippen molar-refractivity contribution in [3.63, 3.8) is 0 Å². The second-order valence-corrected chi connectivity index (χ2v) is 6.39. The molecule has 0 saturated carbocycles. The first-order valence-corrected chi connectivity index (χ1v) is 6.56. The Morgan fingerprint density at radius 2 is 2.00 bits per heavy atom. The van der Waals surface area contributed by atoms with Crippen LogP contribution in [-0.4, -0.2) is 12.1 Å². The van der Waals surface area contributed by atoms with Crippen molar-refractivity contribution in [1.82, 2.24) is 5.32 Å². The van der Waals surface area contributed by atoms with E-state index in [2.05, 4.69) is 57.4 Å². The van der Waals surface area contributed by atoms with E-state index in [0.29, 0.717) is 11.8 Å². The van der Waals surface area contributed by atoms with Crippen LogP contribution in [0.5, 0.6) is 0 Å². The van der Waals surface area contributed by atoms with Crippen molar-refractivity contribution in [1.29, 1.82) is 0 Å². The van der Waals surface area contributed by atoms with E-state index in [-0.39, 0.29) is 5.54 Å². The lowest BCUT2D eigenvalue weighted by Gasteiger charge is -2.26. The molecular formula is C13H23NS. The fourth-order valence-electron chi connectivity index (χ4n) is 1.47. The van der Waals surface area contributed by atoms with Crippen LogP contribution >= 0.6 is 11.3 Å². The number of thiophene rings is 1. The van der Waals surface area contributed by atoms with E-state index in [1.165, 1.54) is 4.88 Å². The quantitative estimate of drug-likeness (QED) is 0.820. The summed E-state index contributed by atoms with van der Waals surface area (Å²) in [5.74, 6) is 1.34. The summed E-state index contributed by atoms with van der Waals surface area (Å²) >= 11 is 1.86. The van der Waals surface area contributed by atoms with Crippen LogP contribution in [-0.2, 0) is 0 Å².